The van der Waals surface area contributed by atoms with Crippen molar-refractivity contribution in [3.8, 4) is 0 Å². The monoisotopic (exact) mass is 283 g/mol. The largest absolute Gasteiger partial charge is 0.327 e. The molecule has 0 saturated heterocycles. The molecule has 106 valence electrons. The third-order valence-electron chi connectivity index (χ3n) is 4.59. The van der Waals surface area contributed by atoms with Crippen molar-refractivity contribution in [1.29, 1.82) is 0 Å². The van der Waals surface area contributed by atoms with Crippen LogP contribution in [-0.2, 0) is 6.42 Å². The highest BCUT2D eigenvalue weighted by Gasteiger charge is 2.36. The van der Waals surface area contributed by atoms with E-state index in [1.165, 1.54) is 31.7 Å². The first-order valence-electron chi connectivity index (χ1n) is 7.10. The van der Waals surface area contributed by atoms with Crippen molar-refractivity contribution in [1.82, 2.24) is 0 Å². The number of halogens is 2. The molecule has 0 bridgehead atoms. The molecule has 1 aliphatic rings. The van der Waals surface area contributed by atoms with Gasteiger partial charge in [0.15, 0.2) is 0 Å². The van der Waals surface area contributed by atoms with Gasteiger partial charge in [0.2, 0.25) is 0 Å². The summed E-state index contributed by atoms with van der Waals surface area (Å²) in [5.41, 5.74) is 7.50. The smallest absolute Gasteiger partial charge is 0.142 e. The Kier molecular flexibility index (Phi) is 4.52. The van der Waals surface area contributed by atoms with Crippen LogP contribution in [0.1, 0.15) is 45.1 Å². The van der Waals surface area contributed by atoms with Gasteiger partial charge in [0, 0.05) is 6.04 Å². The minimum atomic E-state index is -0.353. The molecule has 0 aromatic heterocycles. The van der Waals surface area contributed by atoms with Gasteiger partial charge in [0.05, 0.1) is 5.02 Å². The van der Waals surface area contributed by atoms with Crippen molar-refractivity contribution < 1.29 is 4.39 Å². The highest BCUT2D eigenvalue weighted by Crippen LogP contribution is 2.42. The molecule has 1 aromatic carbocycles. The molecule has 1 saturated carbocycles. The van der Waals surface area contributed by atoms with Gasteiger partial charge in [-0.15, -0.1) is 0 Å². The van der Waals surface area contributed by atoms with Crippen LogP contribution in [0.2, 0.25) is 5.02 Å². The average molecular weight is 284 g/mol. The van der Waals surface area contributed by atoms with E-state index in [0.29, 0.717) is 12.3 Å². The van der Waals surface area contributed by atoms with Crippen molar-refractivity contribution >= 4 is 11.6 Å². The highest BCUT2D eigenvalue weighted by molar-refractivity contribution is 6.31. The lowest BCUT2D eigenvalue weighted by molar-refractivity contribution is 0.112. The van der Waals surface area contributed by atoms with E-state index >= 15 is 0 Å². The van der Waals surface area contributed by atoms with Crippen LogP contribution in [0.3, 0.4) is 0 Å². The van der Waals surface area contributed by atoms with Crippen LogP contribution in [0, 0.1) is 17.2 Å². The molecule has 1 nitrogen and oxygen atoms in total. The van der Waals surface area contributed by atoms with Gasteiger partial charge in [-0.1, -0.05) is 50.4 Å². The summed E-state index contributed by atoms with van der Waals surface area (Å²) < 4.78 is 13.5. The standard InChI is InChI=1S/C16H23ClFN/c1-16(2)9-4-3-7-12(16)14(19)10-11-6-5-8-13(18)15(11)17/h5-6,8,12,14H,3-4,7,9-10,19H2,1-2H3. The molecule has 0 radical (unpaired) electrons. The van der Waals surface area contributed by atoms with E-state index in [1.54, 1.807) is 6.07 Å². The molecular weight excluding hydrogens is 261 g/mol. The van der Waals surface area contributed by atoms with Gasteiger partial charge in [-0.05, 0) is 42.2 Å². The van der Waals surface area contributed by atoms with Gasteiger partial charge in [-0.25, -0.2) is 4.39 Å². The van der Waals surface area contributed by atoms with E-state index in [-0.39, 0.29) is 22.3 Å². The van der Waals surface area contributed by atoms with Crippen LogP contribution in [0.15, 0.2) is 18.2 Å². The summed E-state index contributed by atoms with van der Waals surface area (Å²) >= 11 is 6.02. The molecule has 2 rings (SSSR count). The predicted molar refractivity (Wildman–Crippen MR) is 78.8 cm³/mol. The molecule has 0 amide bonds. The minimum absolute atomic E-state index is 0.0506. The topological polar surface area (TPSA) is 26.0 Å². The third-order valence-corrected chi connectivity index (χ3v) is 5.02. The van der Waals surface area contributed by atoms with Gasteiger partial charge < -0.3 is 5.73 Å². The maximum atomic E-state index is 13.5. The first-order chi connectivity index (χ1) is 8.92. The Labute approximate surface area is 120 Å². The van der Waals surface area contributed by atoms with E-state index in [2.05, 4.69) is 13.8 Å². The fourth-order valence-corrected chi connectivity index (χ4v) is 3.62. The summed E-state index contributed by atoms with van der Waals surface area (Å²) in [6, 6.07) is 5.02. The number of benzene rings is 1. The zero-order valence-electron chi connectivity index (χ0n) is 11.8. The lowest BCUT2D eigenvalue weighted by Gasteiger charge is -2.42. The van der Waals surface area contributed by atoms with Crippen molar-refractivity contribution in [2.45, 2.75) is 52.0 Å². The fraction of sp³-hybridized carbons (Fsp3) is 0.625. The van der Waals surface area contributed by atoms with Gasteiger partial charge in [-0.2, -0.15) is 0 Å². The molecule has 1 fully saturated rings. The quantitative estimate of drug-likeness (QED) is 0.864. The Hall–Kier alpha value is -0.600. The predicted octanol–water partition coefficient (Wildman–Crippen LogP) is 4.57. The molecule has 2 atom stereocenters. The molecule has 1 aliphatic carbocycles. The lowest BCUT2D eigenvalue weighted by atomic mass is 9.65. The molecule has 3 heteroatoms. The first-order valence-corrected chi connectivity index (χ1v) is 7.48. The minimum Gasteiger partial charge on any atom is -0.327 e. The van der Waals surface area contributed by atoms with Gasteiger partial charge in [0.25, 0.3) is 0 Å². The van der Waals surface area contributed by atoms with Crippen LogP contribution in [-0.4, -0.2) is 6.04 Å². The Bertz CT molecular complexity index is 444. The zero-order valence-corrected chi connectivity index (χ0v) is 12.5. The second-order valence-corrected chi connectivity index (χ2v) is 6.80. The van der Waals surface area contributed by atoms with Crippen LogP contribution in [0.25, 0.3) is 0 Å². The zero-order chi connectivity index (χ0) is 14.0. The van der Waals surface area contributed by atoms with E-state index in [4.69, 9.17) is 17.3 Å². The van der Waals surface area contributed by atoms with Gasteiger partial charge in [-0.3, -0.25) is 0 Å². The number of rotatable bonds is 3. The molecule has 19 heavy (non-hydrogen) atoms. The van der Waals surface area contributed by atoms with Crippen molar-refractivity contribution in [3.63, 3.8) is 0 Å². The van der Waals surface area contributed by atoms with Crippen molar-refractivity contribution in [2.75, 3.05) is 0 Å². The maximum absolute atomic E-state index is 13.5. The summed E-state index contributed by atoms with van der Waals surface area (Å²) in [6.45, 7) is 4.59. The third kappa shape index (κ3) is 3.29. The van der Waals surface area contributed by atoms with E-state index in [9.17, 15) is 4.39 Å². The van der Waals surface area contributed by atoms with E-state index in [0.717, 1.165) is 5.56 Å². The maximum Gasteiger partial charge on any atom is 0.142 e. The number of nitrogens with two attached hydrogens (primary N) is 1. The van der Waals surface area contributed by atoms with Crippen LogP contribution < -0.4 is 5.73 Å². The average Bonchev–Trinajstić information content (AvgIpc) is 2.34. The van der Waals surface area contributed by atoms with E-state index in [1.807, 2.05) is 6.07 Å². The van der Waals surface area contributed by atoms with Gasteiger partial charge in [0.1, 0.15) is 5.82 Å². The normalized spacial score (nSPS) is 24.2. The Morgan fingerprint density at radius 3 is 2.84 bits per heavy atom. The van der Waals surface area contributed by atoms with Gasteiger partial charge >= 0.3 is 0 Å². The highest BCUT2D eigenvalue weighted by atomic mass is 35.5. The molecule has 2 N–H and O–H groups in total. The van der Waals surface area contributed by atoms with Crippen LogP contribution in [0.4, 0.5) is 4.39 Å². The Morgan fingerprint density at radius 1 is 1.42 bits per heavy atom. The van der Waals surface area contributed by atoms with Crippen LogP contribution >= 0.6 is 11.6 Å². The molecule has 2 unspecified atom stereocenters. The molecule has 0 heterocycles. The van der Waals surface area contributed by atoms with Crippen LogP contribution in [0.5, 0.6) is 0 Å². The summed E-state index contributed by atoms with van der Waals surface area (Å²) in [7, 11) is 0. The number of hydrogen-bond donors (Lipinski definition) is 1. The SMILES string of the molecule is CC1(C)CCCCC1C(N)Cc1cccc(F)c1Cl. The number of hydrogen-bond acceptors (Lipinski definition) is 1. The molecular formula is C16H23ClFN. The summed E-state index contributed by atoms with van der Waals surface area (Å²) in [5, 5.41) is 0.228. The Morgan fingerprint density at radius 2 is 2.16 bits per heavy atom. The molecule has 1 aromatic rings. The molecule has 0 aliphatic heterocycles. The van der Waals surface area contributed by atoms with Crippen molar-refractivity contribution in [3.05, 3.63) is 34.6 Å². The molecule has 0 spiro atoms. The summed E-state index contributed by atoms with van der Waals surface area (Å²) in [6.07, 6.45) is 5.59. The second-order valence-electron chi connectivity index (χ2n) is 6.42. The van der Waals surface area contributed by atoms with Crippen molar-refractivity contribution in [2.24, 2.45) is 17.1 Å². The van der Waals surface area contributed by atoms with E-state index < -0.39 is 0 Å². The summed E-state index contributed by atoms with van der Waals surface area (Å²) in [4.78, 5) is 0. The lowest BCUT2D eigenvalue weighted by Crippen LogP contribution is -2.43. The summed E-state index contributed by atoms with van der Waals surface area (Å²) in [5.74, 6) is 0.134. The Balaban J connectivity index is 2.12. The second kappa shape index (κ2) is 5.80. The first kappa shape index (κ1) is 14.8. The fourth-order valence-electron chi connectivity index (χ4n) is 3.42.